The van der Waals surface area contributed by atoms with E-state index in [2.05, 4.69) is 0 Å². The van der Waals surface area contributed by atoms with E-state index >= 15 is 0 Å². The van der Waals surface area contributed by atoms with Crippen LogP contribution in [0.25, 0.3) is 0 Å². The van der Waals surface area contributed by atoms with E-state index in [0.717, 1.165) is 0 Å². The van der Waals surface area contributed by atoms with Crippen LogP contribution in [0, 0.1) is 0 Å². The minimum absolute atomic E-state index is 0.374. The summed E-state index contributed by atoms with van der Waals surface area (Å²) < 4.78 is 5.56. The van der Waals surface area contributed by atoms with Crippen molar-refractivity contribution in [3.05, 3.63) is 53.1 Å². The van der Waals surface area contributed by atoms with Crippen LogP contribution < -0.4 is 16.2 Å². The summed E-state index contributed by atoms with van der Waals surface area (Å²) in [6.45, 7) is 0. The number of primary amides is 1. The third-order valence-electron chi connectivity index (χ3n) is 2.30. The highest BCUT2D eigenvalue weighted by Gasteiger charge is 2.06. The number of benzene rings is 2. The molecule has 0 saturated carbocycles. The highest BCUT2D eigenvalue weighted by atomic mass is 35.5. The summed E-state index contributed by atoms with van der Waals surface area (Å²) in [5, 5.41) is 0.402. The molecule has 0 unspecified atom stereocenters. The van der Waals surface area contributed by atoms with Crippen LogP contribution in [0.15, 0.2) is 42.5 Å². The number of amides is 1. The lowest BCUT2D eigenvalue weighted by Crippen LogP contribution is -2.10. The summed E-state index contributed by atoms with van der Waals surface area (Å²) in [7, 11) is 0. The minimum Gasteiger partial charge on any atom is -0.456 e. The first-order chi connectivity index (χ1) is 8.56. The van der Waals surface area contributed by atoms with Crippen molar-refractivity contribution in [2.75, 3.05) is 5.73 Å². The van der Waals surface area contributed by atoms with Gasteiger partial charge in [-0.15, -0.1) is 0 Å². The van der Waals surface area contributed by atoms with Gasteiger partial charge in [-0.3, -0.25) is 4.79 Å². The van der Waals surface area contributed by atoms with Gasteiger partial charge in [-0.25, -0.2) is 0 Å². The number of nitrogens with two attached hydrogens (primary N) is 2. The van der Waals surface area contributed by atoms with Crippen molar-refractivity contribution >= 4 is 23.2 Å². The summed E-state index contributed by atoms with van der Waals surface area (Å²) in [5.41, 5.74) is 11.7. The second-order valence-electron chi connectivity index (χ2n) is 3.68. The molecule has 0 radical (unpaired) electrons. The molecule has 0 spiro atoms. The van der Waals surface area contributed by atoms with E-state index in [9.17, 15) is 4.79 Å². The third-order valence-corrected chi connectivity index (χ3v) is 2.60. The molecule has 2 rings (SSSR count). The Hall–Kier alpha value is -2.20. The number of halogens is 1. The van der Waals surface area contributed by atoms with Crippen LogP contribution >= 0.6 is 11.6 Å². The van der Waals surface area contributed by atoms with Crippen molar-refractivity contribution in [3.8, 4) is 11.5 Å². The third kappa shape index (κ3) is 2.73. The lowest BCUT2D eigenvalue weighted by atomic mass is 10.2. The maximum atomic E-state index is 11.0. The van der Waals surface area contributed by atoms with Gasteiger partial charge >= 0.3 is 0 Å². The fourth-order valence-corrected chi connectivity index (χ4v) is 1.67. The average Bonchev–Trinajstić information content (AvgIpc) is 2.33. The van der Waals surface area contributed by atoms with Crippen molar-refractivity contribution in [3.63, 3.8) is 0 Å². The molecule has 2 aromatic rings. The Kier molecular flexibility index (Phi) is 3.39. The van der Waals surface area contributed by atoms with E-state index in [1.807, 2.05) is 0 Å². The van der Waals surface area contributed by atoms with Crippen molar-refractivity contribution in [2.24, 2.45) is 5.73 Å². The molecule has 0 aromatic heterocycles. The largest absolute Gasteiger partial charge is 0.456 e. The van der Waals surface area contributed by atoms with Crippen LogP contribution in [0.1, 0.15) is 10.4 Å². The van der Waals surface area contributed by atoms with E-state index in [1.165, 1.54) is 0 Å². The van der Waals surface area contributed by atoms with Crippen LogP contribution in [-0.2, 0) is 0 Å². The predicted octanol–water partition coefficient (Wildman–Crippen LogP) is 2.81. The van der Waals surface area contributed by atoms with Crippen molar-refractivity contribution in [2.45, 2.75) is 0 Å². The SMILES string of the molecule is NC(=O)c1cccc(Oc2ccc(N)cc2Cl)c1. The fourth-order valence-electron chi connectivity index (χ4n) is 1.44. The number of rotatable bonds is 3. The fraction of sp³-hybridized carbons (Fsp3) is 0. The van der Waals surface area contributed by atoms with E-state index < -0.39 is 5.91 Å². The number of anilines is 1. The van der Waals surface area contributed by atoms with Gasteiger partial charge in [0, 0.05) is 11.3 Å². The second kappa shape index (κ2) is 4.98. The molecule has 1 amide bonds. The Bertz CT molecular complexity index is 599. The average molecular weight is 263 g/mol. The Balaban J connectivity index is 2.28. The zero-order valence-electron chi connectivity index (χ0n) is 9.39. The second-order valence-corrected chi connectivity index (χ2v) is 4.09. The zero-order chi connectivity index (χ0) is 13.1. The zero-order valence-corrected chi connectivity index (χ0v) is 10.1. The van der Waals surface area contributed by atoms with Crippen molar-refractivity contribution in [1.82, 2.24) is 0 Å². The molecular formula is C13H11ClN2O2. The molecule has 0 saturated heterocycles. The van der Waals surface area contributed by atoms with Gasteiger partial charge in [-0.05, 0) is 36.4 Å². The molecule has 4 N–H and O–H groups in total. The van der Waals surface area contributed by atoms with E-state index in [-0.39, 0.29) is 0 Å². The van der Waals surface area contributed by atoms with Gasteiger partial charge in [0.25, 0.3) is 0 Å². The summed E-state index contributed by atoms with van der Waals surface area (Å²) in [5.74, 6) is 0.439. The maximum Gasteiger partial charge on any atom is 0.248 e. The molecule has 0 aliphatic rings. The highest BCUT2D eigenvalue weighted by molar-refractivity contribution is 6.32. The normalized spacial score (nSPS) is 10.1. The van der Waals surface area contributed by atoms with Crippen LogP contribution in [0.3, 0.4) is 0 Å². The van der Waals surface area contributed by atoms with Crippen molar-refractivity contribution < 1.29 is 9.53 Å². The molecule has 4 nitrogen and oxygen atoms in total. The topological polar surface area (TPSA) is 78.3 Å². The first kappa shape index (κ1) is 12.3. The number of hydrogen-bond acceptors (Lipinski definition) is 3. The van der Waals surface area contributed by atoms with Crippen molar-refractivity contribution in [1.29, 1.82) is 0 Å². The first-order valence-electron chi connectivity index (χ1n) is 5.19. The smallest absolute Gasteiger partial charge is 0.248 e. The summed E-state index contributed by atoms with van der Waals surface area (Å²) in [6, 6.07) is 11.5. The number of hydrogen-bond donors (Lipinski definition) is 2. The molecular weight excluding hydrogens is 252 g/mol. The minimum atomic E-state index is -0.510. The van der Waals surface area contributed by atoms with E-state index in [4.69, 9.17) is 27.8 Å². The number of ether oxygens (including phenoxy) is 1. The monoisotopic (exact) mass is 262 g/mol. The molecule has 0 fully saturated rings. The van der Waals surface area contributed by atoms with Gasteiger partial charge < -0.3 is 16.2 Å². The summed E-state index contributed by atoms with van der Waals surface area (Å²) >= 11 is 5.99. The molecule has 0 heterocycles. The Morgan fingerprint density at radius 2 is 1.94 bits per heavy atom. The molecule has 18 heavy (non-hydrogen) atoms. The maximum absolute atomic E-state index is 11.0. The summed E-state index contributed by atoms with van der Waals surface area (Å²) in [6.07, 6.45) is 0. The lowest BCUT2D eigenvalue weighted by Gasteiger charge is -2.08. The van der Waals surface area contributed by atoms with Crippen LogP contribution in [0.2, 0.25) is 5.02 Å². The Morgan fingerprint density at radius 1 is 1.17 bits per heavy atom. The van der Waals surface area contributed by atoms with Gasteiger partial charge in [0.15, 0.2) is 0 Å². The van der Waals surface area contributed by atoms with Gasteiger partial charge in [-0.1, -0.05) is 17.7 Å². The van der Waals surface area contributed by atoms with Gasteiger partial charge in [0.1, 0.15) is 11.5 Å². The van der Waals surface area contributed by atoms with E-state index in [0.29, 0.717) is 27.8 Å². The number of carbonyl (C=O) groups excluding carboxylic acids is 1. The quantitative estimate of drug-likeness (QED) is 0.835. The number of nitrogen functional groups attached to an aromatic ring is 1. The molecule has 92 valence electrons. The van der Waals surface area contributed by atoms with Crippen LogP contribution in [-0.4, -0.2) is 5.91 Å². The van der Waals surface area contributed by atoms with Gasteiger partial charge in [0.05, 0.1) is 5.02 Å². The van der Waals surface area contributed by atoms with Gasteiger partial charge in [0.2, 0.25) is 5.91 Å². The van der Waals surface area contributed by atoms with Crippen LogP contribution in [0.5, 0.6) is 11.5 Å². The Morgan fingerprint density at radius 3 is 2.61 bits per heavy atom. The number of carbonyl (C=O) groups is 1. The molecule has 0 atom stereocenters. The molecule has 0 aliphatic heterocycles. The predicted molar refractivity (Wildman–Crippen MR) is 70.9 cm³/mol. The van der Waals surface area contributed by atoms with E-state index in [1.54, 1.807) is 42.5 Å². The molecule has 0 aliphatic carbocycles. The molecule has 0 bridgehead atoms. The van der Waals surface area contributed by atoms with Crippen LogP contribution in [0.4, 0.5) is 5.69 Å². The lowest BCUT2D eigenvalue weighted by molar-refractivity contribution is 0.1000. The highest BCUT2D eigenvalue weighted by Crippen LogP contribution is 2.31. The van der Waals surface area contributed by atoms with Gasteiger partial charge in [-0.2, -0.15) is 0 Å². The molecule has 5 heteroatoms. The Labute approximate surface area is 109 Å². The molecule has 2 aromatic carbocycles. The summed E-state index contributed by atoms with van der Waals surface area (Å²) in [4.78, 5) is 11.0. The standard InChI is InChI=1S/C13H11ClN2O2/c14-11-7-9(15)4-5-12(11)18-10-3-1-2-8(6-10)13(16)17/h1-7H,15H2,(H2,16,17). The first-order valence-corrected chi connectivity index (χ1v) is 5.57.